The number of aromatic nitrogens is 1. The molecule has 2 N–H and O–H groups in total. The average molecular weight is 426 g/mol. The van der Waals surface area contributed by atoms with Crippen molar-refractivity contribution in [3.05, 3.63) is 69.7 Å². The average Bonchev–Trinajstić information content (AvgIpc) is 3.27. The Hall–Kier alpha value is -2.83. The first-order valence-electron chi connectivity index (χ1n) is 9.19. The van der Waals surface area contributed by atoms with E-state index in [9.17, 15) is 5.11 Å². The molecule has 0 aliphatic carbocycles. The minimum absolute atomic E-state index is 0.1000. The molecule has 0 bridgehead atoms. The molecular weight excluding hydrogens is 406 g/mol. The first-order chi connectivity index (χ1) is 13.9. The summed E-state index contributed by atoms with van der Waals surface area (Å²) in [6.45, 7) is 4.20. The first kappa shape index (κ1) is 19.5. The molecule has 4 rings (SSSR count). The van der Waals surface area contributed by atoms with Crippen molar-refractivity contribution in [2.75, 3.05) is 11.4 Å². The Balaban J connectivity index is 1.56. The van der Waals surface area contributed by atoms with E-state index >= 15 is 0 Å². The number of amidine groups is 1. The molecule has 1 aromatic heterocycles. The molecule has 0 unspecified atom stereocenters. The summed E-state index contributed by atoms with van der Waals surface area (Å²) in [5, 5.41) is 22.4. The molecule has 0 spiro atoms. The molecule has 1 aliphatic rings. The van der Waals surface area contributed by atoms with Gasteiger partial charge in [-0.2, -0.15) is 0 Å². The monoisotopic (exact) mass is 425 g/mol. The number of nitrogens with one attached hydrogen (secondary N) is 1. The lowest BCUT2D eigenvalue weighted by Crippen LogP contribution is -2.25. The molecule has 0 saturated heterocycles. The van der Waals surface area contributed by atoms with Gasteiger partial charge < -0.3 is 14.7 Å². The molecule has 148 valence electrons. The summed E-state index contributed by atoms with van der Waals surface area (Å²) in [6, 6.07) is 15.0. The number of anilines is 1. The number of aliphatic hydroxyl groups excluding tert-OH is 1. The Morgan fingerprint density at radius 1 is 1.14 bits per heavy atom. The maximum Gasteiger partial charge on any atom is 0.139 e. The van der Waals surface area contributed by atoms with Gasteiger partial charge >= 0.3 is 0 Å². The van der Waals surface area contributed by atoms with Crippen LogP contribution in [0.4, 0.5) is 5.69 Å². The molecule has 0 atom stereocenters. The van der Waals surface area contributed by atoms with Gasteiger partial charge in [0.05, 0.1) is 23.9 Å². The van der Waals surface area contributed by atoms with E-state index in [1.807, 2.05) is 67.8 Å². The second kappa shape index (κ2) is 7.89. The Bertz CT molecular complexity index is 1070. The van der Waals surface area contributed by atoms with Crippen molar-refractivity contribution >= 4 is 40.0 Å². The highest BCUT2D eigenvalue weighted by Crippen LogP contribution is 2.35. The zero-order chi connectivity index (χ0) is 20.5. The number of thiazole rings is 1. The van der Waals surface area contributed by atoms with Crippen LogP contribution in [0.15, 0.2) is 59.7 Å². The molecule has 1 aliphatic heterocycles. The summed E-state index contributed by atoms with van der Waals surface area (Å²) in [7, 11) is 0. The maximum atomic E-state index is 10.6. The third kappa shape index (κ3) is 3.99. The summed E-state index contributed by atoms with van der Waals surface area (Å²) in [5.41, 5.74) is 3.03. The smallest absolute Gasteiger partial charge is 0.139 e. The van der Waals surface area contributed by atoms with Crippen LogP contribution in [0.2, 0.25) is 5.02 Å². The lowest BCUT2D eigenvalue weighted by Gasteiger charge is -2.19. The van der Waals surface area contributed by atoms with Crippen molar-refractivity contribution < 1.29 is 9.84 Å². The van der Waals surface area contributed by atoms with E-state index in [4.69, 9.17) is 21.7 Å². The van der Waals surface area contributed by atoms with Gasteiger partial charge in [-0.25, -0.2) is 4.98 Å². The van der Waals surface area contributed by atoms with Crippen LogP contribution in [-0.2, 0) is 0 Å². The van der Waals surface area contributed by atoms with Gasteiger partial charge in [0, 0.05) is 21.7 Å². The SMILES string of the molecule is CC(C)Oc1ccc(N2CC(O)=C(c3nc(-c4ccc(Cl)cc4)cs3)C2=N)cc1. The molecular formula is C22H20ClN3O2S. The normalized spacial score (nSPS) is 14.2. The molecule has 2 aromatic carbocycles. The molecule has 0 radical (unpaired) electrons. The highest BCUT2D eigenvalue weighted by atomic mass is 35.5. The largest absolute Gasteiger partial charge is 0.510 e. The molecule has 0 fully saturated rings. The second-order valence-corrected chi connectivity index (χ2v) is 8.26. The third-order valence-electron chi connectivity index (χ3n) is 4.48. The van der Waals surface area contributed by atoms with Gasteiger partial charge in [-0.15, -0.1) is 11.3 Å². The predicted molar refractivity (Wildman–Crippen MR) is 119 cm³/mol. The number of hydrogen-bond donors (Lipinski definition) is 2. The second-order valence-electron chi connectivity index (χ2n) is 6.96. The van der Waals surface area contributed by atoms with E-state index in [2.05, 4.69) is 4.98 Å². The summed E-state index contributed by atoms with van der Waals surface area (Å²) < 4.78 is 5.67. The van der Waals surface area contributed by atoms with Gasteiger partial charge in [-0.1, -0.05) is 23.7 Å². The fourth-order valence-corrected chi connectivity index (χ4v) is 4.16. The third-order valence-corrected chi connectivity index (χ3v) is 5.59. The van der Waals surface area contributed by atoms with Crippen molar-refractivity contribution in [3.8, 4) is 17.0 Å². The number of benzene rings is 2. The standard InChI is InChI=1S/C22H20ClN3O2S/c1-13(2)28-17-9-7-16(8-10-17)26-11-19(27)20(21(26)24)22-25-18(12-29-22)14-3-5-15(23)6-4-14/h3-10,12-13,24,27H,11H2,1-2H3. The van der Waals surface area contributed by atoms with E-state index in [0.29, 0.717) is 15.6 Å². The highest BCUT2D eigenvalue weighted by molar-refractivity contribution is 7.11. The van der Waals surface area contributed by atoms with Gasteiger partial charge in [-0.3, -0.25) is 5.41 Å². The minimum atomic E-state index is 0.1000. The summed E-state index contributed by atoms with van der Waals surface area (Å²) in [4.78, 5) is 6.40. The lowest BCUT2D eigenvalue weighted by atomic mass is 10.2. The summed E-state index contributed by atoms with van der Waals surface area (Å²) in [5.74, 6) is 1.16. The number of halogens is 1. The zero-order valence-corrected chi connectivity index (χ0v) is 17.6. The Labute approximate surface area is 178 Å². The fraction of sp³-hybridized carbons (Fsp3) is 0.182. The van der Waals surface area contributed by atoms with Gasteiger partial charge in [0.2, 0.25) is 0 Å². The van der Waals surface area contributed by atoms with Crippen molar-refractivity contribution in [3.63, 3.8) is 0 Å². The molecule has 0 saturated carbocycles. The summed E-state index contributed by atoms with van der Waals surface area (Å²) in [6.07, 6.45) is 0.1000. The van der Waals surface area contributed by atoms with Gasteiger partial charge in [0.15, 0.2) is 0 Å². The van der Waals surface area contributed by atoms with E-state index in [0.717, 1.165) is 22.7 Å². The van der Waals surface area contributed by atoms with Gasteiger partial charge in [0.25, 0.3) is 0 Å². The maximum absolute atomic E-state index is 10.6. The number of rotatable bonds is 5. The van der Waals surface area contributed by atoms with E-state index in [1.165, 1.54) is 11.3 Å². The van der Waals surface area contributed by atoms with Crippen LogP contribution in [0.1, 0.15) is 18.9 Å². The molecule has 7 heteroatoms. The summed E-state index contributed by atoms with van der Waals surface area (Å²) >= 11 is 7.37. The Morgan fingerprint density at radius 2 is 1.83 bits per heavy atom. The van der Waals surface area contributed by atoms with Crippen molar-refractivity contribution in [2.24, 2.45) is 0 Å². The fourth-order valence-electron chi connectivity index (χ4n) is 3.14. The molecule has 5 nitrogen and oxygen atoms in total. The predicted octanol–water partition coefficient (Wildman–Crippen LogP) is 6.02. The zero-order valence-electron chi connectivity index (χ0n) is 16.0. The Kier molecular flexibility index (Phi) is 5.30. The first-order valence-corrected chi connectivity index (χ1v) is 10.5. The van der Waals surface area contributed by atoms with Crippen LogP contribution in [0.5, 0.6) is 5.75 Å². The van der Waals surface area contributed by atoms with Crippen LogP contribution in [0.25, 0.3) is 16.8 Å². The van der Waals surface area contributed by atoms with Gasteiger partial charge in [-0.05, 0) is 50.2 Å². The lowest BCUT2D eigenvalue weighted by molar-refractivity contribution is 0.242. The van der Waals surface area contributed by atoms with Gasteiger partial charge in [0.1, 0.15) is 22.4 Å². The number of hydrogen-bond acceptors (Lipinski definition) is 5. The van der Waals surface area contributed by atoms with Crippen molar-refractivity contribution in [2.45, 2.75) is 20.0 Å². The molecule has 0 amide bonds. The van der Waals surface area contributed by atoms with E-state index < -0.39 is 0 Å². The molecule has 3 aromatic rings. The molecule has 2 heterocycles. The number of nitrogens with zero attached hydrogens (tertiary/aromatic N) is 2. The van der Waals surface area contributed by atoms with E-state index in [-0.39, 0.29) is 24.2 Å². The van der Waals surface area contributed by atoms with Crippen LogP contribution >= 0.6 is 22.9 Å². The van der Waals surface area contributed by atoms with Crippen molar-refractivity contribution in [1.82, 2.24) is 4.98 Å². The van der Waals surface area contributed by atoms with Crippen LogP contribution < -0.4 is 9.64 Å². The van der Waals surface area contributed by atoms with Crippen LogP contribution in [0, 0.1) is 5.41 Å². The topological polar surface area (TPSA) is 69.4 Å². The molecule has 29 heavy (non-hydrogen) atoms. The van der Waals surface area contributed by atoms with Crippen LogP contribution in [-0.4, -0.2) is 28.6 Å². The minimum Gasteiger partial charge on any atom is -0.510 e. The van der Waals surface area contributed by atoms with Crippen molar-refractivity contribution in [1.29, 1.82) is 5.41 Å². The van der Waals surface area contributed by atoms with E-state index in [1.54, 1.807) is 4.90 Å². The van der Waals surface area contributed by atoms with Crippen LogP contribution in [0.3, 0.4) is 0 Å². The number of aliphatic hydroxyl groups is 1. The Morgan fingerprint density at radius 3 is 2.48 bits per heavy atom. The number of ether oxygens (including phenoxy) is 1. The quantitative estimate of drug-likeness (QED) is 0.524. The highest BCUT2D eigenvalue weighted by Gasteiger charge is 2.31.